The molecule has 3 rings (SSSR count). The van der Waals surface area contributed by atoms with Gasteiger partial charge in [0.15, 0.2) is 0 Å². The summed E-state index contributed by atoms with van der Waals surface area (Å²) >= 11 is 1.70. The fourth-order valence-corrected chi connectivity index (χ4v) is 4.07. The van der Waals surface area contributed by atoms with Gasteiger partial charge in [0.1, 0.15) is 5.75 Å². The van der Waals surface area contributed by atoms with Crippen LogP contribution in [0.15, 0.2) is 18.2 Å². The molecule has 1 aromatic heterocycles. The number of benzene rings is 1. The predicted octanol–water partition coefficient (Wildman–Crippen LogP) is 3.23. The third kappa shape index (κ3) is 2.97. The van der Waals surface area contributed by atoms with E-state index in [4.69, 9.17) is 4.74 Å². The summed E-state index contributed by atoms with van der Waals surface area (Å²) in [7, 11) is 1.68. The fourth-order valence-electron chi connectivity index (χ4n) is 3.00. The van der Waals surface area contributed by atoms with Gasteiger partial charge in [0, 0.05) is 17.7 Å². The van der Waals surface area contributed by atoms with Crippen molar-refractivity contribution in [2.45, 2.75) is 45.1 Å². The molecule has 3 nitrogen and oxygen atoms in total. The topological polar surface area (TPSA) is 42.4 Å². The Kier molecular flexibility index (Phi) is 3.76. The van der Waals surface area contributed by atoms with Gasteiger partial charge < -0.3 is 9.84 Å². The van der Waals surface area contributed by atoms with Crippen molar-refractivity contribution in [3.8, 4) is 5.75 Å². The SMILES string of the molecule is COc1ccc2c(c1)CC(O)(Cc1nc(C)c(C)s1)CC2. The molecule has 0 aliphatic heterocycles. The minimum atomic E-state index is -0.684. The first kappa shape index (κ1) is 14.5. The molecule has 4 heteroatoms. The number of ether oxygens (including phenoxy) is 1. The number of nitrogens with zero attached hydrogens (tertiary/aromatic N) is 1. The van der Waals surface area contributed by atoms with Crippen LogP contribution >= 0.6 is 11.3 Å². The summed E-state index contributed by atoms with van der Waals surface area (Å²) in [6, 6.07) is 6.17. The zero-order valence-electron chi connectivity index (χ0n) is 12.8. The molecule has 1 aromatic carbocycles. The molecule has 0 bridgehead atoms. The maximum absolute atomic E-state index is 11.0. The highest BCUT2D eigenvalue weighted by atomic mass is 32.1. The molecule has 0 fully saturated rings. The van der Waals surface area contributed by atoms with E-state index >= 15 is 0 Å². The highest BCUT2D eigenvalue weighted by molar-refractivity contribution is 7.11. The lowest BCUT2D eigenvalue weighted by molar-refractivity contribution is 0.0266. The molecule has 2 aromatic rings. The lowest BCUT2D eigenvalue weighted by Gasteiger charge is -2.33. The second-order valence-corrected chi connectivity index (χ2v) is 7.25. The van der Waals surface area contributed by atoms with Crippen LogP contribution < -0.4 is 4.74 Å². The van der Waals surface area contributed by atoms with Crippen LogP contribution in [0.25, 0.3) is 0 Å². The smallest absolute Gasteiger partial charge is 0.119 e. The number of aromatic nitrogens is 1. The molecule has 0 saturated carbocycles. The lowest BCUT2D eigenvalue weighted by Crippen LogP contribution is -2.38. The summed E-state index contributed by atoms with van der Waals surface area (Å²) in [6.45, 7) is 4.11. The van der Waals surface area contributed by atoms with Crippen molar-refractivity contribution in [2.75, 3.05) is 7.11 Å². The number of aryl methyl sites for hydroxylation is 3. The monoisotopic (exact) mass is 303 g/mol. The summed E-state index contributed by atoms with van der Waals surface area (Å²) in [5.74, 6) is 0.860. The van der Waals surface area contributed by atoms with E-state index in [-0.39, 0.29) is 0 Å². The Morgan fingerprint density at radius 2 is 2.14 bits per heavy atom. The third-order valence-corrected chi connectivity index (χ3v) is 5.42. The first-order valence-electron chi connectivity index (χ1n) is 7.30. The molecule has 1 aliphatic carbocycles. The zero-order chi connectivity index (χ0) is 15.0. The molecule has 1 atom stereocenters. The van der Waals surface area contributed by atoms with Gasteiger partial charge in [0.2, 0.25) is 0 Å². The summed E-state index contributed by atoms with van der Waals surface area (Å²) in [4.78, 5) is 5.82. The van der Waals surface area contributed by atoms with Gasteiger partial charge in [-0.2, -0.15) is 0 Å². The minimum absolute atomic E-state index is 0.642. The van der Waals surface area contributed by atoms with Crippen LogP contribution in [0.2, 0.25) is 0 Å². The van der Waals surface area contributed by atoms with Crippen molar-refractivity contribution in [3.05, 3.63) is 44.9 Å². The minimum Gasteiger partial charge on any atom is -0.497 e. The van der Waals surface area contributed by atoms with Crippen molar-refractivity contribution < 1.29 is 9.84 Å². The molecule has 0 amide bonds. The van der Waals surface area contributed by atoms with Crippen LogP contribution in [0.1, 0.15) is 33.1 Å². The Labute approximate surface area is 129 Å². The molecule has 112 valence electrons. The van der Waals surface area contributed by atoms with Crippen LogP contribution in [0, 0.1) is 13.8 Å². The number of thiazole rings is 1. The Bertz CT molecular complexity index is 645. The van der Waals surface area contributed by atoms with Crippen LogP contribution in [-0.4, -0.2) is 22.8 Å². The predicted molar refractivity (Wildman–Crippen MR) is 85.3 cm³/mol. The third-order valence-electron chi connectivity index (χ3n) is 4.35. The average molecular weight is 303 g/mol. The number of rotatable bonds is 3. The second kappa shape index (κ2) is 5.43. The molecular weight excluding hydrogens is 282 g/mol. The molecule has 1 heterocycles. The quantitative estimate of drug-likeness (QED) is 0.946. The first-order chi connectivity index (χ1) is 9.99. The van der Waals surface area contributed by atoms with E-state index in [9.17, 15) is 5.11 Å². The van der Waals surface area contributed by atoms with Crippen LogP contribution in [0.4, 0.5) is 0 Å². The number of hydrogen-bond donors (Lipinski definition) is 1. The Morgan fingerprint density at radius 1 is 1.33 bits per heavy atom. The molecule has 1 aliphatic rings. The number of hydrogen-bond acceptors (Lipinski definition) is 4. The highest BCUT2D eigenvalue weighted by Crippen LogP contribution is 2.34. The van der Waals surface area contributed by atoms with Crippen molar-refractivity contribution in [2.24, 2.45) is 0 Å². The van der Waals surface area contributed by atoms with Crippen molar-refractivity contribution in [1.29, 1.82) is 0 Å². The second-order valence-electron chi connectivity index (χ2n) is 5.96. The van der Waals surface area contributed by atoms with Crippen molar-refractivity contribution in [1.82, 2.24) is 4.98 Å². The van der Waals surface area contributed by atoms with E-state index in [2.05, 4.69) is 24.0 Å². The molecular formula is C17H21NO2S. The van der Waals surface area contributed by atoms with Gasteiger partial charge in [-0.15, -0.1) is 11.3 Å². The number of aliphatic hydroxyl groups is 1. The van der Waals surface area contributed by atoms with Crippen LogP contribution in [0.3, 0.4) is 0 Å². The molecule has 0 spiro atoms. The number of fused-ring (bicyclic) bond motifs is 1. The average Bonchev–Trinajstić information content (AvgIpc) is 2.75. The zero-order valence-corrected chi connectivity index (χ0v) is 13.6. The molecule has 21 heavy (non-hydrogen) atoms. The summed E-state index contributed by atoms with van der Waals surface area (Å²) in [6.07, 6.45) is 3.03. The summed E-state index contributed by atoms with van der Waals surface area (Å²) in [5.41, 5.74) is 2.92. The standard InChI is InChI=1S/C17H21NO2S/c1-11-12(2)21-16(18-11)10-17(19)7-6-13-4-5-15(20-3)8-14(13)9-17/h4-5,8,19H,6-7,9-10H2,1-3H3. The van der Waals surface area contributed by atoms with Crippen molar-refractivity contribution in [3.63, 3.8) is 0 Å². The van der Waals surface area contributed by atoms with Gasteiger partial charge in [-0.1, -0.05) is 6.07 Å². The first-order valence-corrected chi connectivity index (χ1v) is 8.12. The number of methoxy groups -OCH3 is 1. The van der Waals surface area contributed by atoms with Crippen LogP contribution in [0.5, 0.6) is 5.75 Å². The Morgan fingerprint density at radius 3 is 2.81 bits per heavy atom. The highest BCUT2D eigenvalue weighted by Gasteiger charge is 2.33. The normalized spacial score (nSPS) is 21.1. The summed E-state index contributed by atoms with van der Waals surface area (Å²) < 4.78 is 5.29. The van der Waals surface area contributed by atoms with Gasteiger partial charge >= 0.3 is 0 Å². The Balaban J connectivity index is 1.83. The summed E-state index contributed by atoms with van der Waals surface area (Å²) in [5, 5.41) is 12.0. The van der Waals surface area contributed by atoms with Crippen molar-refractivity contribution >= 4 is 11.3 Å². The fraction of sp³-hybridized carbons (Fsp3) is 0.471. The van der Waals surface area contributed by atoms with Gasteiger partial charge in [-0.05, 0) is 49.9 Å². The maximum atomic E-state index is 11.0. The van der Waals surface area contributed by atoms with E-state index in [1.54, 1.807) is 18.4 Å². The molecule has 0 radical (unpaired) electrons. The van der Waals surface area contributed by atoms with E-state index in [1.807, 2.05) is 13.0 Å². The van der Waals surface area contributed by atoms with E-state index in [1.165, 1.54) is 16.0 Å². The molecule has 1 unspecified atom stereocenters. The van der Waals surface area contributed by atoms with Gasteiger partial charge in [0.25, 0.3) is 0 Å². The van der Waals surface area contributed by atoms with E-state index in [0.717, 1.165) is 29.3 Å². The maximum Gasteiger partial charge on any atom is 0.119 e. The van der Waals surface area contributed by atoms with Gasteiger partial charge in [0.05, 0.1) is 23.4 Å². The molecule has 1 N–H and O–H groups in total. The largest absolute Gasteiger partial charge is 0.497 e. The van der Waals surface area contributed by atoms with E-state index in [0.29, 0.717) is 12.8 Å². The van der Waals surface area contributed by atoms with E-state index < -0.39 is 5.60 Å². The van der Waals surface area contributed by atoms with Gasteiger partial charge in [-0.25, -0.2) is 4.98 Å². The van der Waals surface area contributed by atoms with Crippen LogP contribution in [-0.2, 0) is 19.3 Å². The Hall–Kier alpha value is -1.39. The molecule has 0 saturated heterocycles. The lowest BCUT2D eigenvalue weighted by atomic mass is 9.79. The van der Waals surface area contributed by atoms with Gasteiger partial charge in [-0.3, -0.25) is 0 Å².